The van der Waals surface area contributed by atoms with Gasteiger partial charge in [0.25, 0.3) is 0 Å². The van der Waals surface area contributed by atoms with Crippen molar-refractivity contribution in [2.75, 3.05) is 19.6 Å². The van der Waals surface area contributed by atoms with Crippen LogP contribution < -0.4 is 5.32 Å². The van der Waals surface area contributed by atoms with Crippen molar-refractivity contribution in [3.63, 3.8) is 0 Å². The van der Waals surface area contributed by atoms with Crippen LogP contribution in [0.25, 0.3) is 0 Å². The number of rotatable bonds is 4. The molecule has 1 aromatic rings. The molecule has 2 aliphatic rings. The molecule has 1 aromatic heterocycles. The molecule has 0 aromatic carbocycles. The van der Waals surface area contributed by atoms with E-state index in [1.165, 1.54) is 35.5 Å². The van der Waals surface area contributed by atoms with Crippen molar-refractivity contribution in [2.24, 2.45) is 11.8 Å². The zero-order chi connectivity index (χ0) is 15.2. The predicted molar refractivity (Wildman–Crippen MR) is 89.3 cm³/mol. The number of hydrogen-bond acceptors (Lipinski definition) is 3. The highest BCUT2D eigenvalue weighted by atomic mass is 79.9. The molecule has 3 heterocycles. The highest BCUT2D eigenvalue weighted by Crippen LogP contribution is 2.41. The van der Waals surface area contributed by atoms with E-state index in [-0.39, 0.29) is 5.54 Å². The van der Waals surface area contributed by atoms with Gasteiger partial charge < -0.3 is 5.32 Å². The van der Waals surface area contributed by atoms with Gasteiger partial charge in [-0.1, -0.05) is 6.92 Å². The van der Waals surface area contributed by atoms with Crippen molar-refractivity contribution in [2.45, 2.75) is 52.7 Å². The van der Waals surface area contributed by atoms with Gasteiger partial charge in [-0.25, -0.2) is 0 Å². The first-order valence-electron chi connectivity index (χ1n) is 8.18. The minimum Gasteiger partial charge on any atom is -0.316 e. The van der Waals surface area contributed by atoms with E-state index in [0.717, 1.165) is 31.3 Å². The smallest absolute Gasteiger partial charge is 0.0767 e. The van der Waals surface area contributed by atoms with E-state index in [1.54, 1.807) is 0 Å². The SMILES string of the molecule is CCc1nn(CC)c(CN2CC3CNCC3C2(C)C)c1Br. The Labute approximate surface area is 136 Å². The first-order chi connectivity index (χ1) is 9.98. The summed E-state index contributed by atoms with van der Waals surface area (Å²) in [4.78, 5) is 2.66. The van der Waals surface area contributed by atoms with E-state index < -0.39 is 0 Å². The van der Waals surface area contributed by atoms with Crippen LogP contribution in [0.4, 0.5) is 0 Å². The van der Waals surface area contributed by atoms with Crippen LogP contribution in [0.15, 0.2) is 4.47 Å². The molecule has 2 fully saturated rings. The Bertz CT molecular complexity index is 523. The third-order valence-corrected chi connectivity index (χ3v) is 6.47. The van der Waals surface area contributed by atoms with Crippen LogP contribution in [-0.4, -0.2) is 39.9 Å². The molecule has 0 bridgehead atoms. The summed E-state index contributed by atoms with van der Waals surface area (Å²) in [6.45, 7) is 14.7. The lowest BCUT2D eigenvalue weighted by Crippen LogP contribution is -2.44. The molecule has 5 heteroatoms. The van der Waals surface area contributed by atoms with Gasteiger partial charge in [0, 0.05) is 31.7 Å². The second kappa shape index (κ2) is 5.67. The zero-order valence-corrected chi connectivity index (χ0v) is 15.2. The fourth-order valence-electron chi connectivity index (χ4n) is 4.12. The van der Waals surface area contributed by atoms with Crippen LogP contribution in [0, 0.1) is 11.8 Å². The Morgan fingerprint density at radius 3 is 2.71 bits per heavy atom. The third kappa shape index (κ3) is 2.47. The number of nitrogens with zero attached hydrogens (tertiary/aromatic N) is 3. The Morgan fingerprint density at radius 1 is 1.33 bits per heavy atom. The van der Waals surface area contributed by atoms with E-state index in [2.05, 4.69) is 58.5 Å². The van der Waals surface area contributed by atoms with Gasteiger partial charge in [0.15, 0.2) is 0 Å². The van der Waals surface area contributed by atoms with Crippen LogP contribution in [0.3, 0.4) is 0 Å². The second-order valence-electron chi connectivity index (χ2n) is 6.94. The lowest BCUT2D eigenvalue weighted by molar-refractivity contribution is 0.128. The van der Waals surface area contributed by atoms with Crippen molar-refractivity contribution in [3.8, 4) is 0 Å². The summed E-state index contributed by atoms with van der Waals surface area (Å²) in [6.07, 6.45) is 0.985. The molecule has 3 rings (SSSR count). The molecule has 0 saturated carbocycles. The van der Waals surface area contributed by atoms with Gasteiger partial charge in [0.05, 0.1) is 15.9 Å². The average molecular weight is 355 g/mol. The molecule has 118 valence electrons. The standard InChI is InChI=1S/C16H27BrN4/c1-5-13-15(17)14(21(6-2)19-13)10-20-9-11-7-18-8-12(11)16(20,3)4/h11-12,18H,5-10H2,1-4H3. The monoisotopic (exact) mass is 354 g/mol. The average Bonchev–Trinajstić information content (AvgIpc) is 3.09. The van der Waals surface area contributed by atoms with E-state index in [1.807, 2.05) is 0 Å². The Balaban J connectivity index is 1.86. The summed E-state index contributed by atoms with van der Waals surface area (Å²) in [5.74, 6) is 1.59. The summed E-state index contributed by atoms with van der Waals surface area (Å²) in [5, 5.41) is 8.30. The van der Waals surface area contributed by atoms with E-state index in [0.29, 0.717) is 0 Å². The van der Waals surface area contributed by atoms with Gasteiger partial charge in [-0.3, -0.25) is 9.58 Å². The third-order valence-electron chi connectivity index (χ3n) is 5.55. The highest BCUT2D eigenvalue weighted by Gasteiger charge is 2.49. The van der Waals surface area contributed by atoms with Crippen molar-refractivity contribution in [1.29, 1.82) is 0 Å². The first kappa shape index (κ1) is 15.5. The maximum absolute atomic E-state index is 4.74. The lowest BCUT2D eigenvalue weighted by atomic mass is 9.85. The summed E-state index contributed by atoms with van der Waals surface area (Å²) in [6, 6.07) is 0. The molecule has 21 heavy (non-hydrogen) atoms. The first-order valence-corrected chi connectivity index (χ1v) is 8.98. The quantitative estimate of drug-likeness (QED) is 0.902. The Kier molecular flexibility index (Phi) is 4.19. The van der Waals surface area contributed by atoms with E-state index in [9.17, 15) is 0 Å². The summed E-state index contributed by atoms with van der Waals surface area (Å²) in [5.41, 5.74) is 2.80. The predicted octanol–water partition coefficient (Wildman–Crippen LogP) is 2.66. The zero-order valence-electron chi connectivity index (χ0n) is 13.6. The molecule has 0 spiro atoms. The van der Waals surface area contributed by atoms with E-state index >= 15 is 0 Å². The summed E-state index contributed by atoms with van der Waals surface area (Å²) >= 11 is 3.79. The summed E-state index contributed by atoms with van der Waals surface area (Å²) in [7, 11) is 0. The molecule has 0 radical (unpaired) electrons. The van der Waals surface area contributed by atoms with Gasteiger partial charge >= 0.3 is 0 Å². The molecule has 0 amide bonds. The van der Waals surface area contributed by atoms with E-state index in [4.69, 9.17) is 5.10 Å². The minimum absolute atomic E-state index is 0.267. The number of aromatic nitrogens is 2. The molecule has 4 nitrogen and oxygen atoms in total. The van der Waals surface area contributed by atoms with Crippen molar-refractivity contribution in [3.05, 3.63) is 15.9 Å². The number of halogens is 1. The van der Waals surface area contributed by atoms with Crippen molar-refractivity contribution in [1.82, 2.24) is 20.0 Å². The van der Waals surface area contributed by atoms with Gasteiger partial charge in [-0.05, 0) is 61.5 Å². The van der Waals surface area contributed by atoms with Crippen LogP contribution in [0.1, 0.15) is 39.1 Å². The van der Waals surface area contributed by atoms with Crippen LogP contribution in [-0.2, 0) is 19.5 Å². The fraction of sp³-hybridized carbons (Fsp3) is 0.812. The second-order valence-corrected chi connectivity index (χ2v) is 7.73. The van der Waals surface area contributed by atoms with Crippen molar-refractivity contribution >= 4 is 15.9 Å². The van der Waals surface area contributed by atoms with Gasteiger partial charge in [-0.15, -0.1) is 0 Å². The number of likely N-dealkylation sites (tertiary alicyclic amines) is 1. The molecule has 2 unspecified atom stereocenters. The lowest BCUT2D eigenvalue weighted by Gasteiger charge is -2.35. The molecular weight excluding hydrogens is 328 g/mol. The normalized spacial score (nSPS) is 28.2. The molecule has 2 saturated heterocycles. The van der Waals surface area contributed by atoms with Crippen LogP contribution in [0.5, 0.6) is 0 Å². The number of fused-ring (bicyclic) bond motifs is 1. The fourth-order valence-corrected chi connectivity index (χ4v) is 4.81. The maximum atomic E-state index is 4.74. The molecule has 2 aliphatic heterocycles. The molecule has 1 N–H and O–H groups in total. The molecular formula is C16H27BrN4. The van der Waals surface area contributed by atoms with Gasteiger partial charge in [0.2, 0.25) is 0 Å². The Morgan fingerprint density at radius 2 is 2.10 bits per heavy atom. The highest BCUT2D eigenvalue weighted by molar-refractivity contribution is 9.10. The van der Waals surface area contributed by atoms with Gasteiger partial charge in [-0.2, -0.15) is 5.10 Å². The van der Waals surface area contributed by atoms with Crippen LogP contribution in [0.2, 0.25) is 0 Å². The summed E-state index contributed by atoms with van der Waals surface area (Å²) < 4.78 is 3.39. The van der Waals surface area contributed by atoms with Crippen LogP contribution >= 0.6 is 15.9 Å². The number of nitrogens with one attached hydrogen (secondary N) is 1. The maximum Gasteiger partial charge on any atom is 0.0767 e. The topological polar surface area (TPSA) is 33.1 Å². The Hall–Kier alpha value is -0.390. The minimum atomic E-state index is 0.267. The molecule has 2 atom stereocenters. The number of aryl methyl sites for hydroxylation is 2. The molecule has 0 aliphatic carbocycles. The number of hydrogen-bond donors (Lipinski definition) is 1. The van der Waals surface area contributed by atoms with Crippen molar-refractivity contribution < 1.29 is 0 Å². The van der Waals surface area contributed by atoms with Gasteiger partial charge in [0.1, 0.15) is 0 Å². The largest absolute Gasteiger partial charge is 0.316 e.